The largest absolute Gasteiger partial charge is 0.361 e. The van der Waals surface area contributed by atoms with E-state index in [4.69, 9.17) is 0 Å². The lowest BCUT2D eigenvalue weighted by Crippen LogP contribution is -2.27. The molecule has 3 aromatic carbocycles. The summed E-state index contributed by atoms with van der Waals surface area (Å²) in [5.41, 5.74) is 8.04. The van der Waals surface area contributed by atoms with Gasteiger partial charge in [0.05, 0.1) is 0 Å². The SMILES string of the molecule is C1=C(c2c[nH]c3ccccc23)CCNC1.CC.CC.CC.O=C1CCNCC1.c1ccc2[nH]ccc2c1.c1ccc2c(C3CCNCC3)c[nH]c2c1. The standard InChI is InChI=1S/C13H16N2.C13H14N2.C8H7N.C5H9NO.3C2H6/c2*1-2-4-13-11(3-1)12(9-15-13)10-5-7-14-8-6-10;1-2-4-8-7(3-1)5-6-9-8;7-5-1-3-6-4-2-5;3*1-2/h1-4,9-10,14-15H,5-8H2;1-5,9,14-15H,6-8H2;1-6,9H;6H,1-4H2;3*1-2H3. The smallest absolute Gasteiger partial charge is 0.135 e. The number of ketones is 1. The first kappa shape index (κ1) is 42.0. The molecule has 6 aromatic rings. The summed E-state index contributed by atoms with van der Waals surface area (Å²) in [5.74, 6) is 1.14. The highest BCUT2D eigenvalue weighted by atomic mass is 16.1. The molecule has 0 amide bonds. The molecule has 0 saturated carbocycles. The quantitative estimate of drug-likeness (QED) is 0.108. The minimum Gasteiger partial charge on any atom is -0.361 e. The third-order valence-electron chi connectivity index (χ3n) is 9.02. The van der Waals surface area contributed by atoms with Crippen molar-refractivity contribution in [1.82, 2.24) is 30.9 Å². The van der Waals surface area contributed by atoms with Gasteiger partial charge in [-0.3, -0.25) is 4.79 Å². The number of H-pyrrole nitrogens is 3. The second-order valence-electron chi connectivity index (χ2n) is 12.1. The number of hydrogen-bond acceptors (Lipinski definition) is 4. The van der Waals surface area contributed by atoms with Crippen molar-refractivity contribution in [3.05, 3.63) is 115 Å². The number of hydrogen-bond donors (Lipinski definition) is 6. The van der Waals surface area contributed by atoms with Crippen molar-refractivity contribution < 1.29 is 4.79 Å². The third-order valence-corrected chi connectivity index (χ3v) is 9.02. The van der Waals surface area contributed by atoms with Crippen molar-refractivity contribution in [3.8, 4) is 0 Å². The monoisotopic (exact) mass is 705 g/mol. The van der Waals surface area contributed by atoms with Crippen LogP contribution in [0.1, 0.15) is 90.7 Å². The molecular formula is C45H64N6O. The van der Waals surface area contributed by atoms with E-state index in [0.29, 0.717) is 5.78 Å². The molecule has 6 heterocycles. The Morgan fingerprint density at radius 1 is 0.538 bits per heavy atom. The highest BCUT2D eigenvalue weighted by molar-refractivity contribution is 5.92. The first-order valence-electron chi connectivity index (χ1n) is 19.7. The zero-order valence-electron chi connectivity index (χ0n) is 32.6. The number of nitrogens with one attached hydrogen (secondary N) is 6. The van der Waals surface area contributed by atoms with Crippen LogP contribution in [-0.4, -0.2) is 60.0 Å². The highest BCUT2D eigenvalue weighted by Crippen LogP contribution is 2.31. The van der Waals surface area contributed by atoms with Gasteiger partial charge in [-0.05, 0) is 85.6 Å². The second kappa shape index (κ2) is 24.7. The summed E-state index contributed by atoms with van der Waals surface area (Å²) in [6, 6.07) is 27.4. The topological polar surface area (TPSA) is 101 Å². The van der Waals surface area contributed by atoms with Gasteiger partial charge < -0.3 is 30.9 Å². The summed E-state index contributed by atoms with van der Waals surface area (Å²) in [7, 11) is 0. The number of rotatable bonds is 2. The van der Waals surface area contributed by atoms with Gasteiger partial charge in [0.15, 0.2) is 0 Å². The van der Waals surface area contributed by atoms with Gasteiger partial charge in [-0.25, -0.2) is 0 Å². The van der Waals surface area contributed by atoms with Crippen molar-refractivity contribution in [2.24, 2.45) is 0 Å². The number of aromatic amines is 3. The number of carbonyl (C=O) groups excluding carboxylic acids is 1. The molecular weight excluding hydrogens is 641 g/mol. The summed E-state index contributed by atoms with van der Waals surface area (Å²) >= 11 is 0. The molecule has 0 atom stereocenters. The van der Waals surface area contributed by atoms with Crippen molar-refractivity contribution in [3.63, 3.8) is 0 Å². The van der Waals surface area contributed by atoms with Gasteiger partial charge >= 0.3 is 0 Å². The van der Waals surface area contributed by atoms with Gasteiger partial charge in [0, 0.05) is 84.0 Å². The maximum Gasteiger partial charge on any atom is 0.135 e. The molecule has 0 aliphatic carbocycles. The molecule has 6 N–H and O–H groups in total. The number of aromatic nitrogens is 3. The lowest BCUT2D eigenvalue weighted by Gasteiger charge is -2.22. The van der Waals surface area contributed by atoms with Crippen LogP contribution < -0.4 is 16.0 Å². The van der Waals surface area contributed by atoms with E-state index in [-0.39, 0.29) is 0 Å². The first-order chi connectivity index (χ1) is 25.8. The predicted molar refractivity (Wildman–Crippen MR) is 226 cm³/mol. The van der Waals surface area contributed by atoms with Gasteiger partial charge in [0.1, 0.15) is 5.78 Å². The molecule has 7 heteroatoms. The Balaban J connectivity index is 0.000000185. The van der Waals surface area contributed by atoms with E-state index < -0.39 is 0 Å². The normalized spacial score (nSPS) is 15.3. The zero-order chi connectivity index (χ0) is 37.4. The van der Waals surface area contributed by atoms with Gasteiger partial charge in [-0.2, -0.15) is 0 Å². The van der Waals surface area contributed by atoms with Crippen molar-refractivity contribution in [2.45, 2.75) is 79.6 Å². The molecule has 0 radical (unpaired) electrons. The molecule has 0 spiro atoms. The van der Waals surface area contributed by atoms with Crippen LogP contribution in [0.4, 0.5) is 0 Å². The van der Waals surface area contributed by atoms with Crippen LogP contribution in [0.2, 0.25) is 0 Å². The van der Waals surface area contributed by atoms with Crippen LogP contribution >= 0.6 is 0 Å². The van der Waals surface area contributed by atoms with E-state index in [0.717, 1.165) is 64.4 Å². The summed E-state index contributed by atoms with van der Waals surface area (Å²) in [5, 5.41) is 13.9. The first-order valence-corrected chi connectivity index (χ1v) is 19.7. The number of benzene rings is 3. The molecule has 9 rings (SSSR count). The van der Waals surface area contributed by atoms with Gasteiger partial charge in [-0.15, -0.1) is 0 Å². The van der Waals surface area contributed by atoms with Crippen LogP contribution in [-0.2, 0) is 4.79 Å². The molecule has 52 heavy (non-hydrogen) atoms. The fourth-order valence-electron chi connectivity index (χ4n) is 6.47. The van der Waals surface area contributed by atoms with Gasteiger partial charge in [0.25, 0.3) is 0 Å². The maximum absolute atomic E-state index is 10.4. The molecule has 2 fully saturated rings. The van der Waals surface area contributed by atoms with Crippen LogP contribution in [0.3, 0.4) is 0 Å². The average molecular weight is 705 g/mol. The van der Waals surface area contributed by atoms with Crippen LogP contribution in [0.25, 0.3) is 38.3 Å². The van der Waals surface area contributed by atoms with E-state index in [2.05, 4.69) is 116 Å². The molecule has 3 aromatic heterocycles. The van der Waals surface area contributed by atoms with E-state index in [1.54, 1.807) is 0 Å². The average Bonchev–Trinajstić information content (AvgIpc) is 4.01. The minimum atomic E-state index is 0.402. The Bertz CT molecular complexity index is 1820. The molecule has 280 valence electrons. The molecule has 7 nitrogen and oxygen atoms in total. The van der Waals surface area contributed by atoms with E-state index in [9.17, 15) is 4.79 Å². The lowest BCUT2D eigenvalue weighted by atomic mass is 9.90. The maximum atomic E-state index is 10.4. The fraction of sp³-hybridized carbons (Fsp3) is 0.400. The Kier molecular flexibility index (Phi) is 19.9. The zero-order valence-corrected chi connectivity index (χ0v) is 32.6. The molecule has 0 unspecified atom stereocenters. The van der Waals surface area contributed by atoms with Crippen molar-refractivity contribution in [2.75, 3.05) is 39.3 Å². The molecule has 3 aliphatic rings. The fourth-order valence-corrected chi connectivity index (χ4v) is 6.47. The number of piperidine rings is 2. The van der Waals surface area contributed by atoms with Crippen molar-refractivity contribution in [1.29, 1.82) is 0 Å². The molecule has 3 aliphatic heterocycles. The second-order valence-corrected chi connectivity index (χ2v) is 12.1. The highest BCUT2D eigenvalue weighted by Gasteiger charge is 2.18. The number of carbonyl (C=O) groups is 1. The number of fused-ring (bicyclic) bond motifs is 3. The summed E-state index contributed by atoms with van der Waals surface area (Å²) in [6.07, 6.45) is 13.7. The Morgan fingerprint density at radius 3 is 1.71 bits per heavy atom. The van der Waals surface area contributed by atoms with Crippen LogP contribution in [0.15, 0.2) is 104 Å². The van der Waals surface area contributed by atoms with Crippen molar-refractivity contribution >= 4 is 44.1 Å². The van der Waals surface area contributed by atoms with Gasteiger partial charge in [0.2, 0.25) is 0 Å². The lowest BCUT2D eigenvalue weighted by molar-refractivity contribution is -0.119. The minimum absolute atomic E-state index is 0.402. The Hall–Kier alpha value is -4.43. The molecule has 0 bridgehead atoms. The summed E-state index contributed by atoms with van der Waals surface area (Å²) < 4.78 is 0. The number of Topliss-reactive ketones (excluding diaryl/α,β-unsaturated/α-hetero) is 1. The Morgan fingerprint density at radius 2 is 1.10 bits per heavy atom. The van der Waals surface area contributed by atoms with Crippen LogP contribution in [0.5, 0.6) is 0 Å². The molecule has 2 saturated heterocycles. The van der Waals surface area contributed by atoms with Gasteiger partial charge in [-0.1, -0.05) is 102 Å². The van der Waals surface area contributed by atoms with E-state index >= 15 is 0 Å². The Labute approximate surface area is 312 Å². The summed E-state index contributed by atoms with van der Waals surface area (Å²) in [6.45, 7) is 18.2. The predicted octanol–water partition coefficient (Wildman–Crippen LogP) is 10.4. The number of para-hydroxylation sites is 3. The third kappa shape index (κ3) is 12.7. The van der Waals surface area contributed by atoms with E-state index in [1.807, 2.05) is 59.9 Å². The van der Waals surface area contributed by atoms with Crippen LogP contribution in [0, 0.1) is 0 Å². The van der Waals surface area contributed by atoms with E-state index in [1.165, 1.54) is 62.3 Å². The summed E-state index contributed by atoms with van der Waals surface area (Å²) in [4.78, 5) is 20.2.